The zero-order chi connectivity index (χ0) is 12.3. The van der Waals surface area contributed by atoms with Gasteiger partial charge < -0.3 is 10.8 Å². The van der Waals surface area contributed by atoms with Crippen LogP contribution in [0.25, 0.3) is 0 Å². The lowest BCUT2D eigenvalue weighted by Gasteiger charge is -2.26. The van der Waals surface area contributed by atoms with Gasteiger partial charge in [-0.15, -0.1) is 0 Å². The number of aliphatic hydroxyl groups excluding tert-OH is 1. The highest BCUT2D eigenvalue weighted by molar-refractivity contribution is 7.99. The van der Waals surface area contributed by atoms with Gasteiger partial charge in [0.05, 0.1) is 6.10 Å². The number of hydrogen-bond donors (Lipinski definition) is 2. The van der Waals surface area contributed by atoms with Crippen molar-refractivity contribution in [3.63, 3.8) is 0 Å². The van der Waals surface area contributed by atoms with Gasteiger partial charge in [-0.25, -0.2) is 0 Å². The molecule has 0 aromatic heterocycles. The maximum absolute atomic E-state index is 10.2. The largest absolute Gasteiger partial charge is 0.399 e. The van der Waals surface area contributed by atoms with Crippen LogP contribution in [0.3, 0.4) is 0 Å². The number of nitrogens with zero attached hydrogens (tertiary/aromatic N) is 1. The summed E-state index contributed by atoms with van der Waals surface area (Å²) < 4.78 is 0. The van der Waals surface area contributed by atoms with Gasteiger partial charge in [-0.2, -0.15) is 11.8 Å². The number of thioether (sulfide) groups is 1. The van der Waals surface area contributed by atoms with E-state index in [1.54, 1.807) is 0 Å². The molecule has 1 aromatic carbocycles. The quantitative estimate of drug-likeness (QED) is 0.801. The molecule has 0 spiro atoms. The van der Waals surface area contributed by atoms with Gasteiger partial charge in [0.25, 0.3) is 0 Å². The highest BCUT2D eigenvalue weighted by Crippen LogP contribution is 2.23. The van der Waals surface area contributed by atoms with Crippen LogP contribution in [0.2, 0.25) is 0 Å². The van der Waals surface area contributed by atoms with Crippen LogP contribution >= 0.6 is 11.8 Å². The van der Waals surface area contributed by atoms with Gasteiger partial charge in [-0.05, 0) is 36.9 Å². The Morgan fingerprint density at radius 3 is 2.76 bits per heavy atom. The molecule has 2 unspecified atom stereocenters. The van der Waals surface area contributed by atoms with Gasteiger partial charge in [0, 0.05) is 24.0 Å². The van der Waals surface area contributed by atoms with Crippen LogP contribution in [-0.2, 0) is 0 Å². The van der Waals surface area contributed by atoms with Crippen molar-refractivity contribution in [3.05, 3.63) is 29.8 Å². The first-order valence-electron chi connectivity index (χ1n) is 5.98. The van der Waals surface area contributed by atoms with Crippen LogP contribution in [0.5, 0.6) is 0 Å². The normalized spacial score (nSPS) is 21.9. The Bertz CT molecular complexity index is 349. The molecule has 2 atom stereocenters. The standard InChI is InChI=1S/C13H20N2OS/c1-15(12-6-7-17-9-12)8-13(16)10-2-4-11(14)5-3-10/h2-5,12-13,16H,6-9,14H2,1H3. The van der Waals surface area contributed by atoms with Crippen LogP contribution in [0.4, 0.5) is 5.69 Å². The van der Waals surface area contributed by atoms with Gasteiger partial charge in [-0.3, -0.25) is 4.90 Å². The minimum Gasteiger partial charge on any atom is -0.399 e. The summed E-state index contributed by atoms with van der Waals surface area (Å²) in [6.45, 7) is 0.690. The lowest BCUT2D eigenvalue weighted by atomic mass is 10.1. The summed E-state index contributed by atoms with van der Waals surface area (Å²) in [6.07, 6.45) is 0.807. The van der Waals surface area contributed by atoms with Gasteiger partial charge >= 0.3 is 0 Å². The second-order valence-corrected chi connectivity index (χ2v) is 5.79. The summed E-state index contributed by atoms with van der Waals surface area (Å²) in [6, 6.07) is 8.09. The fourth-order valence-electron chi connectivity index (χ4n) is 2.12. The van der Waals surface area contributed by atoms with Crippen LogP contribution < -0.4 is 5.73 Å². The van der Waals surface area contributed by atoms with E-state index in [1.165, 1.54) is 17.9 Å². The number of nitrogens with two attached hydrogens (primary N) is 1. The third kappa shape index (κ3) is 3.37. The fourth-order valence-corrected chi connectivity index (χ4v) is 3.41. The molecule has 1 aliphatic heterocycles. The number of hydrogen-bond acceptors (Lipinski definition) is 4. The maximum Gasteiger partial charge on any atom is 0.0916 e. The number of likely N-dealkylation sites (N-methyl/N-ethyl adjacent to an activating group) is 1. The highest BCUT2D eigenvalue weighted by Gasteiger charge is 2.22. The van der Waals surface area contributed by atoms with E-state index in [4.69, 9.17) is 5.73 Å². The van der Waals surface area contributed by atoms with Crippen LogP contribution in [-0.4, -0.2) is 41.1 Å². The smallest absolute Gasteiger partial charge is 0.0916 e. The first-order chi connectivity index (χ1) is 8.16. The van der Waals surface area contributed by atoms with Crippen molar-refractivity contribution in [2.75, 3.05) is 30.8 Å². The summed E-state index contributed by atoms with van der Waals surface area (Å²) in [5.74, 6) is 2.43. The Balaban J connectivity index is 1.91. The minimum atomic E-state index is -0.425. The van der Waals surface area contributed by atoms with E-state index in [0.29, 0.717) is 12.6 Å². The monoisotopic (exact) mass is 252 g/mol. The maximum atomic E-state index is 10.2. The highest BCUT2D eigenvalue weighted by atomic mass is 32.2. The minimum absolute atomic E-state index is 0.425. The van der Waals surface area contributed by atoms with Crippen LogP contribution in [0, 0.1) is 0 Å². The molecular formula is C13H20N2OS. The van der Waals surface area contributed by atoms with Crippen molar-refractivity contribution in [3.8, 4) is 0 Å². The van der Waals surface area contributed by atoms with E-state index in [2.05, 4.69) is 11.9 Å². The lowest BCUT2D eigenvalue weighted by Crippen LogP contribution is -2.34. The van der Waals surface area contributed by atoms with Gasteiger partial charge in [0.1, 0.15) is 0 Å². The zero-order valence-electron chi connectivity index (χ0n) is 10.2. The van der Waals surface area contributed by atoms with E-state index in [9.17, 15) is 5.11 Å². The molecule has 0 saturated carbocycles. The van der Waals surface area contributed by atoms with Crippen LogP contribution in [0.15, 0.2) is 24.3 Å². The molecule has 1 saturated heterocycles. The molecule has 1 aromatic rings. The number of anilines is 1. The van der Waals surface area contributed by atoms with Crippen LogP contribution in [0.1, 0.15) is 18.1 Å². The first kappa shape index (κ1) is 12.7. The molecule has 0 aliphatic carbocycles. The number of benzene rings is 1. The summed E-state index contributed by atoms with van der Waals surface area (Å²) in [4.78, 5) is 2.26. The molecule has 2 rings (SSSR count). The molecule has 3 nitrogen and oxygen atoms in total. The summed E-state index contributed by atoms with van der Waals surface area (Å²) in [5.41, 5.74) is 7.31. The molecule has 1 heterocycles. The molecule has 1 fully saturated rings. The second kappa shape index (κ2) is 5.76. The first-order valence-corrected chi connectivity index (χ1v) is 7.14. The number of nitrogen functional groups attached to an aromatic ring is 1. The van der Waals surface area contributed by atoms with Crippen molar-refractivity contribution in [1.29, 1.82) is 0 Å². The van der Waals surface area contributed by atoms with Gasteiger partial charge in [0.2, 0.25) is 0 Å². The Hall–Kier alpha value is -0.710. The number of aliphatic hydroxyl groups is 1. The lowest BCUT2D eigenvalue weighted by molar-refractivity contribution is 0.110. The average molecular weight is 252 g/mol. The third-order valence-corrected chi connectivity index (χ3v) is 4.46. The Kier molecular flexibility index (Phi) is 4.31. The molecule has 0 radical (unpaired) electrons. The molecule has 3 N–H and O–H groups in total. The number of rotatable bonds is 4. The molecule has 0 bridgehead atoms. The molecule has 94 valence electrons. The zero-order valence-corrected chi connectivity index (χ0v) is 11.0. The molecule has 1 aliphatic rings. The summed E-state index contributed by atoms with van der Waals surface area (Å²) in [5, 5.41) is 10.2. The predicted molar refractivity (Wildman–Crippen MR) is 74.2 cm³/mol. The third-order valence-electron chi connectivity index (χ3n) is 3.31. The van der Waals surface area contributed by atoms with Gasteiger partial charge in [-0.1, -0.05) is 12.1 Å². The molecular weight excluding hydrogens is 232 g/mol. The van der Waals surface area contributed by atoms with E-state index >= 15 is 0 Å². The molecule has 4 heteroatoms. The second-order valence-electron chi connectivity index (χ2n) is 4.64. The van der Waals surface area contributed by atoms with E-state index in [0.717, 1.165) is 11.3 Å². The summed E-state index contributed by atoms with van der Waals surface area (Å²) >= 11 is 2.00. The SMILES string of the molecule is CN(CC(O)c1ccc(N)cc1)C1CCSC1. The Morgan fingerprint density at radius 1 is 1.47 bits per heavy atom. The van der Waals surface area contributed by atoms with Crippen molar-refractivity contribution in [2.45, 2.75) is 18.6 Å². The fraction of sp³-hybridized carbons (Fsp3) is 0.538. The van der Waals surface area contributed by atoms with E-state index < -0.39 is 6.10 Å². The van der Waals surface area contributed by atoms with Crippen molar-refractivity contribution >= 4 is 17.4 Å². The summed E-state index contributed by atoms with van der Waals surface area (Å²) in [7, 11) is 2.09. The van der Waals surface area contributed by atoms with Crippen molar-refractivity contribution in [2.24, 2.45) is 0 Å². The molecule has 0 amide bonds. The predicted octanol–water partition coefficient (Wildman–Crippen LogP) is 1.74. The van der Waals surface area contributed by atoms with E-state index in [-0.39, 0.29) is 0 Å². The van der Waals surface area contributed by atoms with Gasteiger partial charge in [0.15, 0.2) is 0 Å². The van der Waals surface area contributed by atoms with E-state index in [1.807, 2.05) is 36.0 Å². The Labute approximate surface area is 107 Å². The molecule has 17 heavy (non-hydrogen) atoms. The van der Waals surface area contributed by atoms with Crippen molar-refractivity contribution in [1.82, 2.24) is 4.90 Å². The Morgan fingerprint density at radius 2 is 2.18 bits per heavy atom. The topological polar surface area (TPSA) is 49.5 Å². The average Bonchev–Trinajstić information content (AvgIpc) is 2.83. The van der Waals surface area contributed by atoms with Crippen molar-refractivity contribution < 1.29 is 5.11 Å².